The molecular weight excluding hydrogens is 292 g/mol. The van der Waals surface area contributed by atoms with Crippen LogP contribution in [0.4, 0.5) is 5.69 Å². The van der Waals surface area contributed by atoms with Crippen molar-refractivity contribution in [1.29, 1.82) is 0 Å². The maximum atomic E-state index is 12.6. The Labute approximate surface area is 137 Å². The average molecular weight is 318 g/mol. The van der Waals surface area contributed by atoms with Gasteiger partial charge in [-0.1, -0.05) is 6.92 Å². The number of benzene rings is 1. The van der Waals surface area contributed by atoms with Gasteiger partial charge in [-0.05, 0) is 38.5 Å². The second kappa shape index (κ2) is 6.89. The van der Waals surface area contributed by atoms with Gasteiger partial charge in [-0.25, -0.2) is 0 Å². The summed E-state index contributed by atoms with van der Waals surface area (Å²) >= 11 is 0. The maximum absolute atomic E-state index is 12.6. The number of carbonyl (C=O) groups excluding carboxylic acids is 1. The molecule has 126 valence electrons. The molecule has 0 saturated carbocycles. The van der Waals surface area contributed by atoms with Crippen LogP contribution in [0.15, 0.2) is 18.2 Å². The summed E-state index contributed by atoms with van der Waals surface area (Å²) in [6, 6.07) is 5.69. The first-order chi connectivity index (χ1) is 11.0. The number of nitrogens with zero attached hydrogens (tertiary/aromatic N) is 1. The first kappa shape index (κ1) is 16.3. The molecule has 2 aliphatic heterocycles. The van der Waals surface area contributed by atoms with Gasteiger partial charge >= 0.3 is 0 Å². The first-order valence-electron chi connectivity index (χ1n) is 8.50. The van der Waals surface area contributed by atoms with Crippen LogP contribution < -0.4 is 10.1 Å². The lowest BCUT2D eigenvalue weighted by Crippen LogP contribution is -2.47. The molecule has 5 heteroatoms. The Hall–Kier alpha value is -1.59. The lowest BCUT2D eigenvalue weighted by atomic mass is 10.1. The van der Waals surface area contributed by atoms with Crippen LogP contribution in [-0.2, 0) is 4.74 Å². The smallest absolute Gasteiger partial charge is 0.176 e. The normalized spacial score (nSPS) is 27.7. The summed E-state index contributed by atoms with van der Waals surface area (Å²) in [7, 11) is 0. The van der Waals surface area contributed by atoms with Gasteiger partial charge in [0, 0.05) is 18.7 Å². The summed E-state index contributed by atoms with van der Waals surface area (Å²) < 4.78 is 11.6. The monoisotopic (exact) mass is 318 g/mol. The van der Waals surface area contributed by atoms with Crippen LogP contribution in [0.1, 0.15) is 37.6 Å². The number of Topliss-reactive ketones (excluding diaryl/α,β-unsaturated/α-hetero) is 1. The van der Waals surface area contributed by atoms with E-state index in [0.717, 1.165) is 43.1 Å². The van der Waals surface area contributed by atoms with E-state index in [-0.39, 0.29) is 24.1 Å². The largest absolute Gasteiger partial charge is 0.486 e. The van der Waals surface area contributed by atoms with Crippen LogP contribution in [-0.4, -0.2) is 55.2 Å². The zero-order valence-corrected chi connectivity index (χ0v) is 14.2. The second-order valence-electron chi connectivity index (χ2n) is 6.61. The molecule has 0 spiro atoms. The molecule has 2 heterocycles. The highest BCUT2D eigenvalue weighted by atomic mass is 16.5. The minimum atomic E-state index is 0.147. The number of ketones is 1. The van der Waals surface area contributed by atoms with Crippen LogP contribution in [0.5, 0.6) is 5.75 Å². The molecule has 1 saturated heterocycles. The van der Waals surface area contributed by atoms with Gasteiger partial charge in [0.2, 0.25) is 0 Å². The fraction of sp³-hybridized carbons (Fsp3) is 0.611. The van der Waals surface area contributed by atoms with Gasteiger partial charge in [0.25, 0.3) is 0 Å². The van der Waals surface area contributed by atoms with E-state index in [1.807, 2.05) is 18.2 Å². The molecule has 0 aromatic heterocycles. The van der Waals surface area contributed by atoms with Crippen LogP contribution in [0, 0.1) is 0 Å². The van der Waals surface area contributed by atoms with E-state index in [2.05, 4.69) is 31.0 Å². The summed E-state index contributed by atoms with van der Waals surface area (Å²) in [5.74, 6) is 0.988. The quantitative estimate of drug-likeness (QED) is 0.865. The van der Waals surface area contributed by atoms with Crippen molar-refractivity contribution < 1.29 is 14.3 Å². The van der Waals surface area contributed by atoms with E-state index in [0.29, 0.717) is 6.54 Å². The van der Waals surface area contributed by atoms with Gasteiger partial charge in [-0.3, -0.25) is 9.69 Å². The van der Waals surface area contributed by atoms with Crippen molar-refractivity contribution in [3.8, 4) is 5.75 Å². The van der Waals surface area contributed by atoms with E-state index in [1.165, 1.54) is 0 Å². The number of anilines is 1. The fourth-order valence-electron chi connectivity index (χ4n) is 3.32. The summed E-state index contributed by atoms with van der Waals surface area (Å²) in [6.45, 7) is 9.06. The molecule has 23 heavy (non-hydrogen) atoms. The summed E-state index contributed by atoms with van der Waals surface area (Å²) in [5.41, 5.74) is 1.66. The molecule has 1 aromatic carbocycles. The standard InChI is InChI=1S/C18H26N2O3/c1-4-15-8-19-16-7-14(5-6-18(16)23-15)17(21)11-20-9-12(2)22-13(3)10-20/h5-7,12-13,15,19H,4,8-11H2,1-3H3. The van der Waals surface area contributed by atoms with Crippen molar-refractivity contribution in [3.05, 3.63) is 23.8 Å². The van der Waals surface area contributed by atoms with Crippen molar-refractivity contribution in [1.82, 2.24) is 4.90 Å². The van der Waals surface area contributed by atoms with Crippen molar-refractivity contribution in [2.45, 2.75) is 45.5 Å². The number of fused-ring (bicyclic) bond motifs is 1. The minimum Gasteiger partial charge on any atom is -0.486 e. The van der Waals surface area contributed by atoms with Crippen molar-refractivity contribution >= 4 is 11.5 Å². The number of carbonyl (C=O) groups is 1. The Morgan fingerprint density at radius 1 is 1.30 bits per heavy atom. The van der Waals surface area contributed by atoms with Gasteiger partial charge in [0.1, 0.15) is 11.9 Å². The molecular formula is C18H26N2O3. The Balaban J connectivity index is 1.66. The van der Waals surface area contributed by atoms with Crippen LogP contribution >= 0.6 is 0 Å². The molecule has 2 aliphatic rings. The minimum absolute atomic E-state index is 0.147. The van der Waals surface area contributed by atoms with Gasteiger partial charge in [0.05, 0.1) is 31.0 Å². The number of ether oxygens (including phenoxy) is 2. The van der Waals surface area contributed by atoms with E-state index in [9.17, 15) is 4.79 Å². The highest BCUT2D eigenvalue weighted by molar-refractivity contribution is 5.98. The zero-order chi connectivity index (χ0) is 16.4. The molecule has 5 nitrogen and oxygen atoms in total. The predicted octanol–water partition coefficient (Wildman–Crippen LogP) is 2.56. The molecule has 0 bridgehead atoms. The third kappa shape index (κ3) is 3.85. The summed E-state index contributed by atoms with van der Waals surface area (Å²) in [5, 5.41) is 3.37. The van der Waals surface area contributed by atoms with E-state index in [4.69, 9.17) is 9.47 Å². The fourth-order valence-corrected chi connectivity index (χ4v) is 3.32. The van der Waals surface area contributed by atoms with Gasteiger partial charge < -0.3 is 14.8 Å². The second-order valence-corrected chi connectivity index (χ2v) is 6.61. The lowest BCUT2D eigenvalue weighted by Gasteiger charge is -2.34. The molecule has 3 atom stereocenters. The van der Waals surface area contributed by atoms with Gasteiger partial charge in [-0.15, -0.1) is 0 Å². The van der Waals surface area contributed by atoms with Crippen LogP contribution in [0.3, 0.4) is 0 Å². The van der Waals surface area contributed by atoms with E-state index < -0.39 is 0 Å². The number of morpholine rings is 1. The Kier molecular flexibility index (Phi) is 4.87. The van der Waals surface area contributed by atoms with Crippen molar-refractivity contribution in [2.24, 2.45) is 0 Å². The zero-order valence-electron chi connectivity index (χ0n) is 14.2. The molecule has 1 aromatic rings. The maximum Gasteiger partial charge on any atom is 0.176 e. The number of hydrogen-bond acceptors (Lipinski definition) is 5. The molecule has 0 aliphatic carbocycles. The molecule has 0 amide bonds. The van der Waals surface area contributed by atoms with Crippen LogP contribution in [0.2, 0.25) is 0 Å². The Morgan fingerprint density at radius 3 is 2.74 bits per heavy atom. The Bertz CT molecular complexity index is 565. The SMILES string of the molecule is CCC1CNc2cc(C(=O)CN3CC(C)OC(C)C3)ccc2O1. The van der Waals surface area contributed by atoms with Gasteiger partial charge in [0.15, 0.2) is 5.78 Å². The molecule has 0 radical (unpaired) electrons. The van der Waals surface area contributed by atoms with Crippen LogP contribution in [0.25, 0.3) is 0 Å². The summed E-state index contributed by atoms with van der Waals surface area (Å²) in [6.07, 6.45) is 1.54. The molecule has 1 N–H and O–H groups in total. The highest BCUT2D eigenvalue weighted by Gasteiger charge is 2.25. The van der Waals surface area contributed by atoms with Gasteiger partial charge in [-0.2, -0.15) is 0 Å². The molecule has 3 rings (SSSR count). The third-order valence-electron chi connectivity index (χ3n) is 4.43. The highest BCUT2D eigenvalue weighted by Crippen LogP contribution is 2.30. The first-order valence-corrected chi connectivity index (χ1v) is 8.50. The van der Waals surface area contributed by atoms with Crippen molar-refractivity contribution in [2.75, 3.05) is 31.5 Å². The number of hydrogen-bond donors (Lipinski definition) is 1. The van der Waals surface area contributed by atoms with E-state index >= 15 is 0 Å². The van der Waals surface area contributed by atoms with Crippen molar-refractivity contribution in [3.63, 3.8) is 0 Å². The number of nitrogens with one attached hydrogen (secondary N) is 1. The molecule has 3 unspecified atom stereocenters. The lowest BCUT2D eigenvalue weighted by molar-refractivity contribution is -0.0652. The topological polar surface area (TPSA) is 50.8 Å². The Morgan fingerprint density at radius 2 is 2.04 bits per heavy atom. The number of rotatable bonds is 4. The molecule has 1 fully saturated rings. The summed E-state index contributed by atoms with van der Waals surface area (Å²) in [4.78, 5) is 14.8. The average Bonchev–Trinajstić information content (AvgIpc) is 2.52. The predicted molar refractivity (Wildman–Crippen MR) is 90.4 cm³/mol. The van der Waals surface area contributed by atoms with E-state index in [1.54, 1.807) is 0 Å². The third-order valence-corrected chi connectivity index (χ3v) is 4.43.